The Bertz CT molecular complexity index is 462. The molecule has 2 nitrogen and oxygen atoms in total. The molecule has 1 heterocycles. The Kier molecular flexibility index (Phi) is 4.35. The highest BCUT2D eigenvalue weighted by Gasteiger charge is 2.26. The van der Waals surface area contributed by atoms with E-state index in [0.29, 0.717) is 0 Å². The summed E-state index contributed by atoms with van der Waals surface area (Å²) in [6.07, 6.45) is 5.02. The zero-order chi connectivity index (χ0) is 13.2. The molecule has 1 aliphatic carbocycles. The molecule has 0 radical (unpaired) electrons. The van der Waals surface area contributed by atoms with Crippen molar-refractivity contribution in [1.82, 2.24) is 4.90 Å². The maximum atomic E-state index is 6.23. The van der Waals surface area contributed by atoms with Crippen molar-refractivity contribution in [3.05, 3.63) is 28.3 Å². The maximum Gasteiger partial charge on any atom is 0.127 e. The Balaban J connectivity index is 1.81. The van der Waals surface area contributed by atoms with E-state index < -0.39 is 0 Å². The summed E-state index contributed by atoms with van der Waals surface area (Å²) in [5.74, 6) is 1.09. The highest BCUT2D eigenvalue weighted by molar-refractivity contribution is 9.09. The van der Waals surface area contributed by atoms with Crippen molar-refractivity contribution in [3.63, 3.8) is 0 Å². The van der Waals surface area contributed by atoms with Gasteiger partial charge in [-0.05, 0) is 30.5 Å². The summed E-state index contributed by atoms with van der Waals surface area (Å²) >= 11 is 9.80. The van der Waals surface area contributed by atoms with Gasteiger partial charge >= 0.3 is 0 Å². The maximum absolute atomic E-state index is 6.23. The fourth-order valence-electron chi connectivity index (χ4n) is 2.93. The van der Waals surface area contributed by atoms with E-state index in [9.17, 15) is 0 Å². The van der Waals surface area contributed by atoms with Gasteiger partial charge in [-0.3, -0.25) is 4.90 Å². The lowest BCUT2D eigenvalue weighted by atomic mass is 9.91. The molecule has 2 aliphatic rings. The number of hydrogen-bond acceptors (Lipinski definition) is 2. The van der Waals surface area contributed by atoms with E-state index in [2.05, 4.69) is 26.9 Å². The third-order valence-electron chi connectivity index (χ3n) is 4.16. The van der Waals surface area contributed by atoms with E-state index in [-0.39, 0.29) is 0 Å². The molecule has 19 heavy (non-hydrogen) atoms. The molecule has 0 aromatic heterocycles. The van der Waals surface area contributed by atoms with E-state index in [1.54, 1.807) is 0 Å². The van der Waals surface area contributed by atoms with Crippen LogP contribution in [0.15, 0.2) is 12.1 Å². The zero-order valence-electron chi connectivity index (χ0n) is 11.0. The molecule has 1 aliphatic heterocycles. The molecule has 1 aromatic carbocycles. The van der Waals surface area contributed by atoms with Crippen LogP contribution in [0.3, 0.4) is 0 Å². The summed E-state index contributed by atoms with van der Waals surface area (Å²) in [5.41, 5.74) is 2.53. The first kappa shape index (κ1) is 13.7. The molecule has 104 valence electrons. The minimum atomic E-state index is 0.744. The predicted octanol–water partition coefficient (Wildman–Crippen LogP) is 4.02. The fourth-order valence-corrected chi connectivity index (χ4v) is 3.65. The first-order valence-corrected chi connectivity index (χ1v) is 8.52. The summed E-state index contributed by atoms with van der Waals surface area (Å²) in [5, 5.41) is 1.86. The van der Waals surface area contributed by atoms with Gasteiger partial charge in [-0.15, -0.1) is 0 Å². The highest BCUT2D eigenvalue weighted by Crippen LogP contribution is 2.35. The molecule has 4 heteroatoms. The van der Waals surface area contributed by atoms with Crippen molar-refractivity contribution in [2.24, 2.45) is 0 Å². The summed E-state index contributed by atoms with van der Waals surface area (Å²) in [7, 11) is 0. The molecular formula is C15H19BrClNO. The number of rotatable bonds is 5. The third kappa shape index (κ3) is 2.93. The zero-order valence-corrected chi connectivity index (χ0v) is 13.3. The second-order valence-electron chi connectivity index (χ2n) is 5.40. The number of nitrogens with zero attached hydrogens (tertiary/aromatic N) is 1. The molecular weight excluding hydrogens is 326 g/mol. The largest absolute Gasteiger partial charge is 0.493 e. The van der Waals surface area contributed by atoms with Gasteiger partial charge < -0.3 is 4.74 Å². The average Bonchev–Trinajstić information content (AvgIpc) is 2.74. The smallest absolute Gasteiger partial charge is 0.127 e. The lowest BCUT2D eigenvalue weighted by Crippen LogP contribution is -2.40. The van der Waals surface area contributed by atoms with E-state index in [4.69, 9.17) is 16.3 Å². The minimum absolute atomic E-state index is 0.744. The average molecular weight is 345 g/mol. The molecule has 0 unspecified atom stereocenters. The Labute approximate surface area is 128 Å². The van der Waals surface area contributed by atoms with Crippen molar-refractivity contribution in [1.29, 1.82) is 0 Å². The number of ether oxygens (including phenoxy) is 1. The molecule has 3 rings (SSSR count). The van der Waals surface area contributed by atoms with Crippen LogP contribution in [0, 0.1) is 0 Å². The van der Waals surface area contributed by atoms with E-state index in [0.717, 1.165) is 48.3 Å². The van der Waals surface area contributed by atoms with Gasteiger partial charge in [0, 0.05) is 41.5 Å². The summed E-state index contributed by atoms with van der Waals surface area (Å²) in [4.78, 5) is 2.56. The second-order valence-corrected chi connectivity index (χ2v) is 6.63. The van der Waals surface area contributed by atoms with Gasteiger partial charge in [0.05, 0.1) is 6.61 Å². The molecule has 1 saturated carbocycles. The summed E-state index contributed by atoms with van der Waals surface area (Å²) in [6, 6.07) is 4.87. The Morgan fingerprint density at radius 3 is 2.89 bits per heavy atom. The molecule has 1 fully saturated rings. The molecule has 1 aromatic rings. The molecule has 0 saturated heterocycles. The number of halogens is 2. The van der Waals surface area contributed by atoms with E-state index >= 15 is 0 Å². The predicted molar refractivity (Wildman–Crippen MR) is 82.5 cm³/mol. The van der Waals surface area contributed by atoms with Gasteiger partial charge in [-0.2, -0.15) is 0 Å². The van der Waals surface area contributed by atoms with Crippen LogP contribution in [0.2, 0.25) is 5.02 Å². The van der Waals surface area contributed by atoms with Crippen LogP contribution in [-0.4, -0.2) is 29.4 Å². The minimum Gasteiger partial charge on any atom is -0.493 e. The molecule has 0 atom stereocenters. The van der Waals surface area contributed by atoms with Crippen LogP contribution < -0.4 is 4.74 Å². The van der Waals surface area contributed by atoms with Crippen LogP contribution >= 0.6 is 27.5 Å². The number of benzene rings is 1. The first-order valence-electron chi connectivity index (χ1n) is 7.02. The van der Waals surface area contributed by atoms with Gasteiger partial charge in [0.1, 0.15) is 5.75 Å². The fraction of sp³-hybridized carbons (Fsp3) is 0.600. The standard InChI is InChI=1S/C15H19BrClNO/c16-5-6-18(14-2-1-3-14)10-12-9-13(17)8-11-4-7-19-15(11)12/h8-9,14H,1-7,10H2. The lowest BCUT2D eigenvalue weighted by Gasteiger charge is -2.37. The Hall–Kier alpha value is -0.250. The van der Waals surface area contributed by atoms with Gasteiger partial charge in [0.2, 0.25) is 0 Å². The Morgan fingerprint density at radius 2 is 2.21 bits per heavy atom. The van der Waals surface area contributed by atoms with Crippen LogP contribution in [0.4, 0.5) is 0 Å². The highest BCUT2D eigenvalue weighted by atomic mass is 79.9. The normalized spacial score (nSPS) is 18.3. The van der Waals surface area contributed by atoms with Crippen LogP contribution in [-0.2, 0) is 13.0 Å². The number of hydrogen-bond donors (Lipinski definition) is 0. The van der Waals surface area contributed by atoms with Gasteiger partial charge in [-0.25, -0.2) is 0 Å². The van der Waals surface area contributed by atoms with Crippen molar-refractivity contribution in [2.75, 3.05) is 18.5 Å². The third-order valence-corrected chi connectivity index (χ3v) is 4.73. The van der Waals surface area contributed by atoms with Gasteiger partial charge in [0.25, 0.3) is 0 Å². The monoisotopic (exact) mass is 343 g/mol. The van der Waals surface area contributed by atoms with Crippen molar-refractivity contribution < 1.29 is 4.74 Å². The number of alkyl halides is 1. The second kappa shape index (κ2) is 6.02. The van der Waals surface area contributed by atoms with Crippen molar-refractivity contribution in [3.8, 4) is 5.75 Å². The van der Waals surface area contributed by atoms with Crippen LogP contribution in [0.25, 0.3) is 0 Å². The first-order chi connectivity index (χ1) is 9.28. The van der Waals surface area contributed by atoms with Crippen LogP contribution in [0.5, 0.6) is 5.75 Å². The molecule has 0 amide bonds. The van der Waals surface area contributed by atoms with Crippen molar-refractivity contribution in [2.45, 2.75) is 38.3 Å². The van der Waals surface area contributed by atoms with E-state index in [1.165, 1.54) is 30.4 Å². The van der Waals surface area contributed by atoms with Gasteiger partial charge in [0.15, 0.2) is 0 Å². The molecule has 0 spiro atoms. The topological polar surface area (TPSA) is 12.5 Å². The van der Waals surface area contributed by atoms with Crippen molar-refractivity contribution >= 4 is 27.5 Å². The van der Waals surface area contributed by atoms with Gasteiger partial charge in [-0.1, -0.05) is 34.0 Å². The van der Waals surface area contributed by atoms with E-state index in [1.807, 2.05) is 6.07 Å². The molecule has 0 N–H and O–H groups in total. The quantitative estimate of drug-likeness (QED) is 0.748. The summed E-state index contributed by atoms with van der Waals surface area (Å²) in [6.45, 7) is 2.84. The molecule has 0 bridgehead atoms. The lowest BCUT2D eigenvalue weighted by molar-refractivity contribution is 0.127. The Morgan fingerprint density at radius 1 is 1.37 bits per heavy atom. The summed E-state index contributed by atoms with van der Waals surface area (Å²) < 4.78 is 5.80. The van der Waals surface area contributed by atoms with Crippen LogP contribution in [0.1, 0.15) is 30.4 Å². The number of fused-ring (bicyclic) bond motifs is 1. The SMILES string of the molecule is Clc1cc2c(c(CN(CCBr)C3CCC3)c1)OCC2.